The molecular formula is C8H14NO8P. The Morgan fingerprint density at radius 2 is 1.89 bits per heavy atom. The molecule has 0 aromatic heterocycles. The predicted molar refractivity (Wildman–Crippen MR) is 58.1 cm³/mol. The first-order valence-electron chi connectivity index (χ1n) is 4.88. The summed E-state index contributed by atoms with van der Waals surface area (Å²) in [5.74, 6) is -4.03. The van der Waals surface area contributed by atoms with Gasteiger partial charge in [0.05, 0.1) is 13.0 Å². The van der Waals surface area contributed by atoms with Gasteiger partial charge in [-0.2, -0.15) is 0 Å². The highest BCUT2D eigenvalue weighted by Crippen LogP contribution is 2.40. The molecule has 1 unspecified atom stereocenters. The van der Waals surface area contributed by atoms with E-state index in [9.17, 15) is 18.9 Å². The van der Waals surface area contributed by atoms with E-state index < -0.39 is 44.1 Å². The second-order valence-corrected chi connectivity index (χ2v) is 5.12. The highest BCUT2D eigenvalue weighted by atomic mass is 31.2. The summed E-state index contributed by atoms with van der Waals surface area (Å²) in [6, 6.07) is -1.66. The van der Waals surface area contributed by atoms with Crippen molar-refractivity contribution in [3.8, 4) is 0 Å². The Hall–Kier alpha value is -1.44. The molecule has 0 saturated heterocycles. The monoisotopic (exact) mass is 283 g/mol. The summed E-state index contributed by atoms with van der Waals surface area (Å²) >= 11 is 0. The Labute approximate surface area is 102 Å². The topological polar surface area (TPSA) is 150 Å². The van der Waals surface area contributed by atoms with Crippen molar-refractivity contribution >= 4 is 25.4 Å². The quantitative estimate of drug-likeness (QED) is 0.425. The Bertz CT molecular complexity index is 381. The molecule has 0 bridgehead atoms. The SMILES string of the molecule is CCOP(=O)(O)CC(=O)N[C@@H](CC(=O)O)C(=O)O. The van der Waals surface area contributed by atoms with Crippen molar-refractivity contribution in [3.63, 3.8) is 0 Å². The molecule has 0 spiro atoms. The third-order valence-electron chi connectivity index (χ3n) is 1.69. The molecule has 0 heterocycles. The van der Waals surface area contributed by atoms with Crippen LogP contribution in [-0.2, 0) is 23.5 Å². The van der Waals surface area contributed by atoms with E-state index >= 15 is 0 Å². The molecular weight excluding hydrogens is 269 g/mol. The molecule has 0 aliphatic heterocycles. The van der Waals surface area contributed by atoms with Crippen molar-refractivity contribution in [2.75, 3.05) is 12.8 Å². The van der Waals surface area contributed by atoms with Crippen LogP contribution >= 0.6 is 7.60 Å². The fourth-order valence-electron chi connectivity index (χ4n) is 1.04. The van der Waals surface area contributed by atoms with Gasteiger partial charge < -0.3 is 24.9 Å². The number of amides is 1. The van der Waals surface area contributed by atoms with Gasteiger partial charge in [-0.05, 0) is 6.92 Å². The van der Waals surface area contributed by atoms with Crippen LogP contribution in [0.2, 0.25) is 0 Å². The van der Waals surface area contributed by atoms with Crippen LogP contribution in [-0.4, -0.2) is 51.8 Å². The molecule has 18 heavy (non-hydrogen) atoms. The van der Waals surface area contributed by atoms with E-state index in [1.54, 1.807) is 0 Å². The Kier molecular flexibility index (Phi) is 6.53. The molecule has 0 rings (SSSR count). The summed E-state index contributed by atoms with van der Waals surface area (Å²) in [4.78, 5) is 41.3. The standard InChI is InChI=1S/C8H14NO8P/c1-2-17-18(15,16)4-6(10)9-5(8(13)14)3-7(11)12/h5H,2-4H2,1H3,(H,9,10)(H,11,12)(H,13,14)(H,15,16)/t5-/m0/s1. The Balaban J connectivity index is 4.48. The van der Waals surface area contributed by atoms with Gasteiger partial charge in [-0.15, -0.1) is 0 Å². The number of carboxylic acid groups (broad SMARTS) is 2. The maximum absolute atomic E-state index is 11.3. The average molecular weight is 283 g/mol. The van der Waals surface area contributed by atoms with Crippen LogP contribution in [0.4, 0.5) is 0 Å². The van der Waals surface area contributed by atoms with Crippen LogP contribution < -0.4 is 5.32 Å². The summed E-state index contributed by atoms with van der Waals surface area (Å²) in [6.45, 7) is 1.36. The number of hydrogen-bond donors (Lipinski definition) is 4. The van der Waals surface area contributed by atoms with Gasteiger partial charge >= 0.3 is 19.5 Å². The van der Waals surface area contributed by atoms with Crippen LogP contribution in [0, 0.1) is 0 Å². The van der Waals surface area contributed by atoms with E-state index in [4.69, 9.17) is 15.1 Å². The van der Waals surface area contributed by atoms with E-state index in [0.29, 0.717) is 0 Å². The van der Waals surface area contributed by atoms with Crippen LogP contribution in [0.1, 0.15) is 13.3 Å². The van der Waals surface area contributed by atoms with E-state index in [1.165, 1.54) is 6.92 Å². The van der Waals surface area contributed by atoms with E-state index in [-0.39, 0.29) is 6.61 Å². The average Bonchev–Trinajstić information content (AvgIpc) is 2.14. The summed E-state index contributed by atoms with van der Waals surface area (Å²) in [6.07, 6.45) is -1.75. The molecule has 104 valence electrons. The van der Waals surface area contributed by atoms with Crippen molar-refractivity contribution in [3.05, 3.63) is 0 Å². The third-order valence-corrected chi connectivity index (χ3v) is 3.03. The molecule has 2 atom stereocenters. The lowest BCUT2D eigenvalue weighted by Gasteiger charge is -2.14. The maximum Gasteiger partial charge on any atom is 0.337 e. The van der Waals surface area contributed by atoms with Crippen LogP contribution in [0.25, 0.3) is 0 Å². The fourth-order valence-corrected chi connectivity index (χ4v) is 1.99. The first-order valence-corrected chi connectivity index (χ1v) is 6.64. The van der Waals surface area contributed by atoms with E-state index in [2.05, 4.69) is 4.52 Å². The molecule has 9 nitrogen and oxygen atoms in total. The molecule has 4 N–H and O–H groups in total. The lowest BCUT2D eigenvalue weighted by molar-refractivity contribution is -0.147. The van der Waals surface area contributed by atoms with E-state index in [1.807, 2.05) is 5.32 Å². The summed E-state index contributed by atoms with van der Waals surface area (Å²) < 4.78 is 15.6. The second kappa shape index (κ2) is 7.10. The molecule has 0 radical (unpaired) electrons. The van der Waals surface area contributed by atoms with Gasteiger partial charge in [-0.25, -0.2) is 4.79 Å². The lowest BCUT2D eigenvalue weighted by atomic mass is 10.2. The zero-order valence-electron chi connectivity index (χ0n) is 9.53. The smallest absolute Gasteiger partial charge is 0.337 e. The zero-order chi connectivity index (χ0) is 14.3. The highest BCUT2D eigenvalue weighted by molar-refractivity contribution is 7.53. The van der Waals surface area contributed by atoms with Gasteiger partial charge in [0, 0.05) is 0 Å². The molecule has 0 aliphatic carbocycles. The van der Waals surface area contributed by atoms with Crippen molar-refractivity contribution < 1.29 is 38.6 Å². The number of nitrogens with one attached hydrogen (secondary N) is 1. The van der Waals surface area contributed by atoms with Gasteiger partial charge in [-0.3, -0.25) is 14.2 Å². The van der Waals surface area contributed by atoms with Gasteiger partial charge in [0.2, 0.25) is 5.91 Å². The minimum Gasteiger partial charge on any atom is -0.481 e. The molecule has 0 aliphatic rings. The van der Waals surface area contributed by atoms with Gasteiger partial charge in [0.15, 0.2) is 0 Å². The number of aliphatic carboxylic acids is 2. The predicted octanol–water partition coefficient (Wildman–Crippen LogP) is -0.748. The number of hydrogen-bond acceptors (Lipinski definition) is 5. The van der Waals surface area contributed by atoms with Gasteiger partial charge in [0.25, 0.3) is 0 Å². The van der Waals surface area contributed by atoms with Crippen molar-refractivity contribution in [2.45, 2.75) is 19.4 Å². The summed E-state index contributed by atoms with van der Waals surface area (Å²) in [7, 11) is -4.12. The number of carbonyl (C=O) groups is 3. The highest BCUT2D eigenvalue weighted by Gasteiger charge is 2.28. The number of rotatable bonds is 8. The van der Waals surface area contributed by atoms with Crippen LogP contribution in [0.3, 0.4) is 0 Å². The molecule has 0 fully saturated rings. The third kappa shape index (κ3) is 7.00. The Morgan fingerprint density at radius 1 is 1.33 bits per heavy atom. The van der Waals surface area contributed by atoms with Crippen molar-refractivity contribution in [2.24, 2.45) is 0 Å². The van der Waals surface area contributed by atoms with Gasteiger partial charge in [0.1, 0.15) is 12.2 Å². The lowest BCUT2D eigenvalue weighted by Crippen LogP contribution is -2.43. The Morgan fingerprint density at radius 3 is 2.28 bits per heavy atom. The van der Waals surface area contributed by atoms with Crippen molar-refractivity contribution in [1.29, 1.82) is 0 Å². The molecule has 10 heteroatoms. The first-order chi connectivity index (χ1) is 8.18. The maximum atomic E-state index is 11.3. The van der Waals surface area contributed by atoms with Crippen LogP contribution in [0.15, 0.2) is 0 Å². The molecule has 0 saturated carbocycles. The number of carboxylic acids is 2. The summed E-state index contributed by atoms with van der Waals surface area (Å²) in [5, 5.41) is 18.9. The van der Waals surface area contributed by atoms with Crippen LogP contribution in [0.5, 0.6) is 0 Å². The van der Waals surface area contributed by atoms with Gasteiger partial charge in [-0.1, -0.05) is 0 Å². The minimum atomic E-state index is -4.12. The second-order valence-electron chi connectivity index (χ2n) is 3.27. The largest absolute Gasteiger partial charge is 0.481 e. The number of carbonyl (C=O) groups excluding carboxylic acids is 1. The molecule has 0 aromatic carbocycles. The first kappa shape index (κ1) is 16.6. The zero-order valence-corrected chi connectivity index (χ0v) is 10.4. The molecule has 1 amide bonds. The van der Waals surface area contributed by atoms with Crippen molar-refractivity contribution in [1.82, 2.24) is 5.32 Å². The fraction of sp³-hybridized carbons (Fsp3) is 0.625. The minimum absolute atomic E-state index is 0.0848. The summed E-state index contributed by atoms with van der Waals surface area (Å²) in [5.41, 5.74) is 0. The normalized spacial score (nSPS) is 15.4. The van der Waals surface area contributed by atoms with E-state index in [0.717, 1.165) is 0 Å². The molecule has 0 aromatic rings.